The van der Waals surface area contributed by atoms with Gasteiger partial charge in [0.15, 0.2) is 5.69 Å². The van der Waals surface area contributed by atoms with E-state index < -0.39 is 10.8 Å². The Hall–Kier alpha value is -3.39. The Bertz CT molecular complexity index is 1050. The van der Waals surface area contributed by atoms with Gasteiger partial charge < -0.3 is 10.1 Å². The first-order valence-electron chi connectivity index (χ1n) is 8.44. The monoisotopic (exact) mass is 400 g/mol. The third-order valence-corrected chi connectivity index (χ3v) is 4.16. The first-order valence-corrected chi connectivity index (χ1v) is 8.82. The summed E-state index contributed by atoms with van der Waals surface area (Å²) in [5.74, 6) is 0.249. The number of aryl methyl sites for hydroxylation is 2. The van der Waals surface area contributed by atoms with Gasteiger partial charge >= 0.3 is 0 Å². The molecule has 0 aliphatic carbocycles. The van der Waals surface area contributed by atoms with E-state index in [0.717, 1.165) is 5.56 Å². The number of halogens is 1. The molecule has 2 aromatic carbocycles. The van der Waals surface area contributed by atoms with Crippen LogP contribution in [0.2, 0.25) is 5.02 Å². The van der Waals surface area contributed by atoms with Gasteiger partial charge in [-0.05, 0) is 43.7 Å². The van der Waals surface area contributed by atoms with Crippen LogP contribution in [-0.2, 0) is 6.54 Å². The third kappa shape index (κ3) is 4.47. The van der Waals surface area contributed by atoms with E-state index >= 15 is 0 Å². The molecule has 0 unspecified atom stereocenters. The topological polar surface area (TPSA) is 99.3 Å². The lowest BCUT2D eigenvalue weighted by Gasteiger charge is -2.11. The first kappa shape index (κ1) is 19.4. The van der Waals surface area contributed by atoms with Gasteiger partial charge in [-0.1, -0.05) is 11.6 Å². The van der Waals surface area contributed by atoms with Crippen molar-refractivity contribution in [1.29, 1.82) is 0 Å². The van der Waals surface area contributed by atoms with Crippen molar-refractivity contribution in [2.24, 2.45) is 0 Å². The number of benzene rings is 2. The summed E-state index contributed by atoms with van der Waals surface area (Å²) >= 11 is 5.94. The molecule has 28 heavy (non-hydrogen) atoms. The number of nitro groups is 1. The van der Waals surface area contributed by atoms with Crippen molar-refractivity contribution < 1.29 is 14.5 Å². The fourth-order valence-electron chi connectivity index (χ4n) is 2.53. The van der Waals surface area contributed by atoms with Crippen LogP contribution in [-0.4, -0.2) is 20.6 Å². The zero-order chi connectivity index (χ0) is 20.3. The number of carbonyl (C=O) groups excluding carboxylic acids is 1. The van der Waals surface area contributed by atoms with E-state index in [1.165, 1.54) is 18.2 Å². The molecular formula is C19H17ClN4O4. The molecule has 0 saturated heterocycles. The van der Waals surface area contributed by atoms with Crippen LogP contribution in [0.4, 0.5) is 11.4 Å². The quantitative estimate of drug-likeness (QED) is 0.472. The Kier molecular flexibility index (Phi) is 5.60. The van der Waals surface area contributed by atoms with Crippen LogP contribution >= 0.6 is 11.6 Å². The van der Waals surface area contributed by atoms with Crippen LogP contribution in [0.15, 0.2) is 48.7 Å². The second-order valence-corrected chi connectivity index (χ2v) is 6.43. The van der Waals surface area contributed by atoms with E-state index in [1.807, 2.05) is 13.8 Å². The van der Waals surface area contributed by atoms with Crippen molar-refractivity contribution in [3.05, 3.63) is 75.1 Å². The predicted octanol–water partition coefficient (Wildman–Crippen LogP) is 4.82. The summed E-state index contributed by atoms with van der Waals surface area (Å²) in [7, 11) is 0. The Morgan fingerprint density at radius 2 is 2.07 bits per heavy atom. The van der Waals surface area contributed by atoms with Crippen LogP contribution in [0.1, 0.15) is 23.0 Å². The van der Waals surface area contributed by atoms with Crippen LogP contribution < -0.4 is 10.1 Å². The number of nitro benzene ring substituents is 1. The predicted molar refractivity (Wildman–Crippen MR) is 105 cm³/mol. The van der Waals surface area contributed by atoms with Gasteiger partial charge in [0.25, 0.3) is 11.6 Å². The van der Waals surface area contributed by atoms with Gasteiger partial charge in [0.05, 0.1) is 16.7 Å². The molecule has 1 amide bonds. The van der Waals surface area contributed by atoms with Gasteiger partial charge in [-0.2, -0.15) is 5.10 Å². The highest BCUT2D eigenvalue weighted by Crippen LogP contribution is 2.32. The average molecular weight is 401 g/mol. The summed E-state index contributed by atoms with van der Waals surface area (Å²) in [4.78, 5) is 23.1. The molecule has 0 atom stereocenters. The Morgan fingerprint density at radius 3 is 2.71 bits per heavy atom. The maximum absolute atomic E-state index is 12.4. The third-order valence-electron chi connectivity index (χ3n) is 3.92. The second-order valence-electron chi connectivity index (χ2n) is 6.00. The number of amides is 1. The zero-order valence-electron chi connectivity index (χ0n) is 15.2. The second kappa shape index (κ2) is 8.10. The highest BCUT2D eigenvalue weighted by Gasteiger charge is 2.16. The lowest BCUT2D eigenvalue weighted by molar-refractivity contribution is -0.384. The lowest BCUT2D eigenvalue weighted by atomic mass is 10.2. The van der Waals surface area contributed by atoms with E-state index in [0.29, 0.717) is 17.3 Å². The van der Waals surface area contributed by atoms with Crippen molar-refractivity contribution in [2.75, 3.05) is 5.32 Å². The molecule has 8 nitrogen and oxygen atoms in total. The summed E-state index contributed by atoms with van der Waals surface area (Å²) in [5, 5.41) is 18.6. The van der Waals surface area contributed by atoms with Gasteiger partial charge in [0.1, 0.15) is 11.5 Å². The van der Waals surface area contributed by atoms with E-state index in [1.54, 1.807) is 35.1 Å². The van der Waals surface area contributed by atoms with E-state index in [4.69, 9.17) is 16.3 Å². The molecule has 0 bridgehead atoms. The molecule has 1 heterocycles. The number of rotatable bonds is 6. The zero-order valence-corrected chi connectivity index (χ0v) is 15.9. The number of anilines is 1. The summed E-state index contributed by atoms with van der Waals surface area (Å²) in [6.45, 7) is 4.34. The van der Waals surface area contributed by atoms with Crippen molar-refractivity contribution in [1.82, 2.24) is 9.78 Å². The van der Waals surface area contributed by atoms with Crippen LogP contribution in [0, 0.1) is 17.0 Å². The Balaban J connectivity index is 1.88. The molecule has 0 saturated carbocycles. The number of ether oxygens (including phenoxy) is 1. The molecule has 144 valence electrons. The molecule has 1 N–H and O–H groups in total. The van der Waals surface area contributed by atoms with Gasteiger partial charge in [-0.25, -0.2) is 0 Å². The number of nitrogens with zero attached hydrogens (tertiary/aromatic N) is 3. The normalized spacial score (nSPS) is 10.5. The molecule has 0 fully saturated rings. The van der Waals surface area contributed by atoms with E-state index in [-0.39, 0.29) is 22.8 Å². The summed E-state index contributed by atoms with van der Waals surface area (Å²) in [5.41, 5.74) is 1.00. The largest absolute Gasteiger partial charge is 0.457 e. The number of hydrogen-bond donors (Lipinski definition) is 1. The van der Waals surface area contributed by atoms with E-state index in [2.05, 4.69) is 10.4 Å². The number of nitrogens with one attached hydrogen (secondary N) is 1. The molecule has 9 heteroatoms. The number of non-ortho nitro benzene ring substituents is 1. The van der Waals surface area contributed by atoms with Crippen molar-refractivity contribution >= 4 is 28.9 Å². The minimum Gasteiger partial charge on any atom is -0.457 e. The molecule has 0 radical (unpaired) electrons. The number of hydrogen-bond acceptors (Lipinski definition) is 5. The maximum Gasteiger partial charge on any atom is 0.276 e. The van der Waals surface area contributed by atoms with Crippen molar-refractivity contribution in [2.45, 2.75) is 20.4 Å². The highest BCUT2D eigenvalue weighted by atomic mass is 35.5. The van der Waals surface area contributed by atoms with Gasteiger partial charge in [-0.3, -0.25) is 19.6 Å². The molecule has 0 aliphatic rings. The van der Waals surface area contributed by atoms with Crippen molar-refractivity contribution in [3.63, 3.8) is 0 Å². The summed E-state index contributed by atoms with van der Waals surface area (Å²) in [6, 6.07) is 10.7. The lowest BCUT2D eigenvalue weighted by Crippen LogP contribution is -2.13. The summed E-state index contributed by atoms with van der Waals surface area (Å²) in [6.07, 6.45) is 1.68. The summed E-state index contributed by atoms with van der Waals surface area (Å²) < 4.78 is 7.38. The van der Waals surface area contributed by atoms with Gasteiger partial charge in [-0.15, -0.1) is 0 Å². The molecule has 0 aliphatic heterocycles. The Labute approximate surface area is 165 Å². The van der Waals surface area contributed by atoms with Gasteiger partial charge in [0.2, 0.25) is 0 Å². The fourth-order valence-corrected chi connectivity index (χ4v) is 2.75. The minimum atomic E-state index is -0.553. The molecule has 3 rings (SSSR count). The molecule has 1 aromatic heterocycles. The van der Waals surface area contributed by atoms with Crippen LogP contribution in [0.5, 0.6) is 11.5 Å². The highest BCUT2D eigenvalue weighted by molar-refractivity contribution is 6.30. The van der Waals surface area contributed by atoms with Crippen molar-refractivity contribution in [3.8, 4) is 11.5 Å². The molecular weight excluding hydrogens is 384 g/mol. The fraction of sp³-hybridized carbons (Fsp3) is 0.158. The average Bonchev–Trinajstić information content (AvgIpc) is 3.13. The number of aromatic nitrogens is 2. The number of carbonyl (C=O) groups is 1. The SMILES string of the molecule is CCn1ccc(C(=O)Nc2cc(Oc3ccc(Cl)cc3C)cc([N+](=O)[O-])c2)n1. The smallest absolute Gasteiger partial charge is 0.276 e. The van der Waals surface area contributed by atoms with Crippen LogP contribution in [0.3, 0.4) is 0 Å². The molecule has 0 spiro atoms. The first-order chi connectivity index (χ1) is 13.4. The molecule has 3 aromatic rings. The minimum absolute atomic E-state index is 0.210. The standard InChI is InChI=1S/C19H17ClN4O4/c1-3-23-7-6-17(22-23)19(25)21-14-9-15(24(26)27)11-16(10-14)28-18-5-4-13(20)8-12(18)2/h4-11H,3H2,1-2H3,(H,21,25). The maximum atomic E-state index is 12.4. The van der Waals surface area contributed by atoms with Crippen LogP contribution in [0.25, 0.3) is 0 Å². The van der Waals surface area contributed by atoms with Gasteiger partial charge in [0, 0.05) is 29.9 Å². The Morgan fingerprint density at radius 1 is 1.29 bits per heavy atom. The van der Waals surface area contributed by atoms with E-state index in [9.17, 15) is 14.9 Å².